The molecule has 27 heavy (non-hydrogen) atoms. The Labute approximate surface area is 157 Å². The van der Waals surface area contributed by atoms with Gasteiger partial charge in [-0.05, 0) is 31.4 Å². The normalized spacial score (nSPS) is 18.2. The second-order valence-electron chi connectivity index (χ2n) is 7.66. The van der Waals surface area contributed by atoms with Crippen molar-refractivity contribution in [1.29, 1.82) is 0 Å². The molecule has 1 aromatic carbocycles. The molecule has 7 nitrogen and oxygen atoms in total. The molecule has 1 aliphatic carbocycles. The zero-order valence-corrected chi connectivity index (χ0v) is 15.1. The van der Waals surface area contributed by atoms with Crippen LogP contribution in [0.3, 0.4) is 0 Å². The SMILES string of the molecule is O=C(c1cc2ccccc2[nH]1)N1CCn2nc(NC3(CO)CCC3)cc2C1. The van der Waals surface area contributed by atoms with Gasteiger partial charge in [0.15, 0.2) is 0 Å². The number of fused-ring (bicyclic) bond motifs is 2. The number of hydrogen-bond donors (Lipinski definition) is 3. The van der Waals surface area contributed by atoms with Crippen molar-refractivity contribution in [3.8, 4) is 0 Å². The number of aromatic amines is 1. The smallest absolute Gasteiger partial charge is 0.270 e. The molecule has 2 aliphatic rings. The summed E-state index contributed by atoms with van der Waals surface area (Å²) in [5.41, 5.74) is 2.39. The van der Waals surface area contributed by atoms with Crippen LogP contribution in [0.15, 0.2) is 36.4 Å². The van der Waals surface area contributed by atoms with Crippen LogP contribution in [0, 0.1) is 0 Å². The molecule has 140 valence electrons. The summed E-state index contributed by atoms with van der Waals surface area (Å²) in [6.07, 6.45) is 3.07. The number of carbonyl (C=O) groups excluding carboxylic acids is 1. The molecule has 0 atom stereocenters. The molecular formula is C20H23N5O2. The average Bonchev–Trinajstić information content (AvgIpc) is 3.26. The van der Waals surface area contributed by atoms with Crippen molar-refractivity contribution in [3.05, 3.63) is 47.8 Å². The lowest BCUT2D eigenvalue weighted by atomic mass is 9.77. The highest BCUT2D eigenvalue weighted by atomic mass is 16.3. The van der Waals surface area contributed by atoms with E-state index in [0.29, 0.717) is 25.3 Å². The number of aliphatic hydroxyl groups excluding tert-OH is 1. The third-order valence-corrected chi connectivity index (χ3v) is 5.85. The van der Waals surface area contributed by atoms with E-state index in [1.54, 1.807) is 0 Å². The van der Waals surface area contributed by atoms with Crippen LogP contribution in [0.4, 0.5) is 5.82 Å². The van der Waals surface area contributed by atoms with Crippen LogP contribution < -0.4 is 5.32 Å². The molecule has 0 unspecified atom stereocenters. The summed E-state index contributed by atoms with van der Waals surface area (Å²) in [5, 5.41) is 18.7. The Balaban J connectivity index is 1.34. The highest BCUT2D eigenvalue weighted by Crippen LogP contribution is 2.35. The standard InChI is InChI=1S/C20H23N5O2/c26-13-20(6-3-7-20)22-18-11-15-12-24(8-9-25(15)23-18)19(27)17-10-14-4-1-2-5-16(14)21-17/h1-2,4-5,10-11,21,26H,3,6-9,12-13H2,(H,22,23). The van der Waals surface area contributed by atoms with E-state index in [4.69, 9.17) is 0 Å². The third-order valence-electron chi connectivity index (χ3n) is 5.85. The highest BCUT2D eigenvalue weighted by Gasteiger charge is 2.37. The number of rotatable bonds is 4. The lowest BCUT2D eigenvalue weighted by Gasteiger charge is -2.41. The number of anilines is 1. The van der Waals surface area contributed by atoms with E-state index in [1.807, 2.05) is 46.0 Å². The molecule has 3 aromatic rings. The zero-order chi connectivity index (χ0) is 18.4. The van der Waals surface area contributed by atoms with Crippen LogP contribution in [0.2, 0.25) is 0 Å². The molecule has 1 aliphatic heterocycles. The first kappa shape index (κ1) is 16.4. The van der Waals surface area contributed by atoms with Crippen molar-refractivity contribution < 1.29 is 9.90 Å². The molecule has 0 spiro atoms. The molecule has 7 heteroatoms. The molecule has 1 amide bonds. The van der Waals surface area contributed by atoms with Crippen LogP contribution in [-0.4, -0.2) is 49.4 Å². The zero-order valence-electron chi connectivity index (χ0n) is 15.1. The lowest BCUT2D eigenvalue weighted by Crippen LogP contribution is -2.48. The summed E-state index contributed by atoms with van der Waals surface area (Å²) in [5.74, 6) is 0.803. The number of nitrogens with one attached hydrogen (secondary N) is 2. The Hall–Kier alpha value is -2.80. The Morgan fingerprint density at radius 3 is 2.85 bits per heavy atom. The Morgan fingerprint density at radius 2 is 2.11 bits per heavy atom. The number of nitrogens with zero attached hydrogens (tertiary/aromatic N) is 3. The van der Waals surface area contributed by atoms with Crippen LogP contribution in [0.1, 0.15) is 35.4 Å². The quantitative estimate of drug-likeness (QED) is 0.662. The molecular weight excluding hydrogens is 342 g/mol. The van der Waals surface area contributed by atoms with Crippen molar-refractivity contribution >= 4 is 22.6 Å². The first-order valence-corrected chi connectivity index (χ1v) is 9.49. The molecule has 0 radical (unpaired) electrons. The Bertz CT molecular complexity index is 962. The second-order valence-corrected chi connectivity index (χ2v) is 7.66. The summed E-state index contributed by atoms with van der Waals surface area (Å²) in [6, 6.07) is 11.8. The molecule has 2 aromatic heterocycles. The number of carbonyl (C=O) groups is 1. The van der Waals surface area contributed by atoms with Gasteiger partial charge in [0, 0.05) is 23.5 Å². The van der Waals surface area contributed by atoms with Gasteiger partial charge in [-0.25, -0.2) is 0 Å². The van der Waals surface area contributed by atoms with Crippen molar-refractivity contribution in [2.24, 2.45) is 0 Å². The Morgan fingerprint density at radius 1 is 1.26 bits per heavy atom. The average molecular weight is 365 g/mol. The van der Waals surface area contributed by atoms with Crippen molar-refractivity contribution in [3.63, 3.8) is 0 Å². The fourth-order valence-corrected chi connectivity index (χ4v) is 4.06. The van der Waals surface area contributed by atoms with Gasteiger partial charge >= 0.3 is 0 Å². The summed E-state index contributed by atoms with van der Waals surface area (Å²) in [4.78, 5) is 18.0. The Kier molecular flexibility index (Phi) is 3.72. The number of H-pyrrole nitrogens is 1. The predicted molar refractivity (Wildman–Crippen MR) is 103 cm³/mol. The topological polar surface area (TPSA) is 86.2 Å². The van der Waals surface area contributed by atoms with Crippen LogP contribution >= 0.6 is 0 Å². The number of aromatic nitrogens is 3. The van der Waals surface area contributed by atoms with Crippen LogP contribution in [-0.2, 0) is 13.1 Å². The number of para-hydroxylation sites is 1. The number of benzene rings is 1. The highest BCUT2D eigenvalue weighted by molar-refractivity contribution is 5.98. The van der Waals surface area contributed by atoms with Crippen LogP contribution in [0.25, 0.3) is 10.9 Å². The van der Waals surface area contributed by atoms with Gasteiger partial charge in [0.25, 0.3) is 5.91 Å². The molecule has 5 rings (SSSR count). The van der Waals surface area contributed by atoms with E-state index in [-0.39, 0.29) is 18.1 Å². The minimum absolute atomic E-state index is 0.0129. The van der Waals surface area contributed by atoms with Gasteiger partial charge in [-0.1, -0.05) is 18.2 Å². The molecule has 1 saturated carbocycles. The summed E-state index contributed by atoms with van der Waals surface area (Å²) in [6.45, 7) is 1.97. The van der Waals surface area contributed by atoms with Crippen molar-refractivity contribution in [1.82, 2.24) is 19.7 Å². The summed E-state index contributed by atoms with van der Waals surface area (Å²) < 4.78 is 1.96. The van der Waals surface area contributed by atoms with Gasteiger partial charge in [0.2, 0.25) is 0 Å². The fourth-order valence-electron chi connectivity index (χ4n) is 4.06. The number of amides is 1. The molecule has 0 bridgehead atoms. The van der Waals surface area contributed by atoms with Gasteiger partial charge < -0.3 is 20.3 Å². The van der Waals surface area contributed by atoms with E-state index in [2.05, 4.69) is 15.4 Å². The van der Waals surface area contributed by atoms with Gasteiger partial charge in [-0.2, -0.15) is 5.10 Å². The van der Waals surface area contributed by atoms with Gasteiger partial charge in [0.05, 0.1) is 30.9 Å². The number of hydrogen-bond acceptors (Lipinski definition) is 4. The van der Waals surface area contributed by atoms with E-state index < -0.39 is 0 Å². The summed E-state index contributed by atoms with van der Waals surface area (Å²) >= 11 is 0. The first-order valence-electron chi connectivity index (χ1n) is 9.49. The van der Waals surface area contributed by atoms with Gasteiger partial charge in [0.1, 0.15) is 11.5 Å². The number of aliphatic hydroxyl groups is 1. The third kappa shape index (κ3) is 2.78. The van der Waals surface area contributed by atoms with Gasteiger partial charge in [-0.3, -0.25) is 9.48 Å². The molecule has 1 fully saturated rings. The minimum Gasteiger partial charge on any atom is -0.394 e. The monoisotopic (exact) mass is 365 g/mol. The van der Waals surface area contributed by atoms with E-state index >= 15 is 0 Å². The molecule has 3 heterocycles. The lowest BCUT2D eigenvalue weighted by molar-refractivity contribution is 0.0701. The maximum absolute atomic E-state index is 12.9. The first-order chi connectivity index (χ1) is 13.2. The van der Waals surface area contributed by atoms with Crippen LogP contribution in [0.5, 0.6) is 0 Å². The molecule has 0 saturated heterocycles. The maximum Gasteiger partial charge on any atom is 0.270 e. The largest absolute Gasteiger partial charge is 0.394 e. The maximum atomic E-state index is 12.9. The molecule has 3 N–H and O–H groups in total. The van der Waals surface area contributed by atoms with E-state index in [0.717, 1.165) is 41.7 Å². The van der Waals surface area contributed by atoms with Crippen molar-refractivity contribution in [2.45, 2.75) is 37.9 Å². The van der Waals surface area contributed by atoms with E-state index in [1.165, 1.54) is 0 Å². The fraction of sp³-hybridized carbons (Fsp3) is 0.400. The summed E-state index contributed by atoms with van der Waals surface area (Å²) in [7, 11) is 0. The second kappa shape index (κ2) is 6.13. The predicted octanol–water partition coefficient (Wildman–Crippen LogP) is 2.35. The van der Waals surface area contributed by atoms with E-state index in [9.17, 15) is 9.90 Å². The van der Waals surface area contributed by atoms with Crippen molar-refractivity contribution in [2.75, 3.05) is 18.5 Å². The van der Waals surface area contributed by atoms with Gasteiger partial charge in [-0.15, -0.1) is 0 Å². The minimum atomic E-state index is -0.218.